The number of benzene rings is 7. The highest BCUT2D eigenvalue weighted by atomic mass is 16.3. The quantitative estimate of drug-likeness (QED) is 0.192. The zero-order valence-electron chi connectivity index (χ0n) is 27.1. The molecule has 0 fully saturated rings. The van der Waals surface area contributed by atoms with Gasteiger partial charge in [0.25, 0.3) is 0 Å². The lowest BCUT2D eigenvalue weighted by Crippen LogP contribution is -2.23. The monoisotopic (exact) mass is 638 g/mol. The van der Waals surface area contributed by atoms with Crippen LogP contribution in [0.2, 0.25) is 0 Å². The average Bonchev–Trinajstić information content (AvgIpc) is 3.74. The highest BCUT2D eigenvalue weighted by Gasteiger charge is 2.37. The molecule has 0 N–H and O–H groups in total. The molecule has 0 amide bonds. The van der Waals surface area contributed by atoms with Gasteiger partial charge in [-0.1, -0.05) is 152 Å². The highest BCUT2D eigenvalue weighted by molar-refractivity contribution is 6.21. The fourth-order valence-corrected chi connectivity index (χ4v) is 8.75. The molecule has 0 radical (unpaired) electrons. The number of furan rings is 2. The van der Waals surface area contributed by atoms with Crippen molar-refractivity contribution in [3.8, 4) is 11.1 Å². The third kappa shape index (κ3) is 3.90. The molecule has 9 aromatic rings. The van der Waals surface area contributed by atoms with Gasteiger partial charge in [0.2, 0.25) is 0 Å². The first kappa shape index (κ1) is 27.6. The van der Waals surface area contributed by atoms with E-state index in [1.54, 1.807) is 0 Å². The zero-order chi connectivity index (χ0) is 32.8. The van der Waals surface area contributed by atoms with Crippen LogP contribution in [0.15, 0.2) is 184 Å². The molecule has 2 nitrogen and oxygen atoms in total. The van der Waals surface area contributed by atoms with E-state index in [0.29, 0.717) is 0 Å². The van der Waals surface area contributed by atoms with Gasteiger partial charge in [-0.05, 0) is 62.4 Å². The molecule has 50 heavy (non-hydrogen) atoms. The smallest absolute Gasteiger partial charge is 0.147 e. The largest absolute Gasteiger partial charge is 0.455 e. The van der Waals surface area contributed by atoms with Crippen molar-refractivity contribution in [2.45, 2.75) is 5.92 Å². The molecule has 2 heteroatoms. The first-order valence-electron chi connectivity index (χ1n) is 17.3. The van der Waals surface area contributed by atoms with Crippen LogP contribution >= 0.6 is 0 Å². The van der Waals surface area contributed by atoms with E-state index in [9.17, 15) is 0 Å². The number of allylic oxidation sites excluding steroid dienone is 5. The lowest BCUT2D eigenvalue weighted by atomic mass is 9.66. The van der Waals surface area contributed by atoms with Crippen molar-refractivity contribution in [3.63, 3.8) is 0 Å². The molecule has 2 aliphatic rings. The molecule has 2 unspecified atom stereocenters. The minimum absolute atomic E-state index is 0.117. The van der Waals surface area contributed by atoms with Crippen LogP contribution in [0.25, 0.3) is 71.3 Å². The Kier molecular flexibility index (Phi) is 5.82. The van der Waals surface area contributed by atoms with Crippen molar-refractivity contribution in [3.05, 3.63) is 198 Å². The van der Waals surface area contributed by atoms with Crippen molar-refractivity contribution < 1.29 is 8.83 Å². The molecule has 11 rings (SSSR count). The van der Waals surface area contributed by atoms with Crippen LogP contribution in [-0.4, -0.2) is 0 Å². The normalized spacial score (nSPS) is 17.0. The Balaban J connectivity index is 1.20. The second kappa shape index (κ2) is 10.6. The summed E-state index contributed by atoms with van der Waals surface area (Å²) in [5, 5.41) is 6.97. The second-order valence-corrected chi connectivity index (χ2v) is 13.5. The summed E-state index contributed by atoms with van der Waals surface area (Å²) in [7, 11) is 0. The molecule has 2 atom stereocenters. The van der Waals surface area contributed by atoms with Crippen LogP contribution in [0, 0.1) is 5.92 Å². The van der Waals surface area contributed by atoms with Crippen molar-refractivity contribution >= 4 is 60.2 Å². The summed E-state index contributed by atoms with van der Waals surface area (Å²) in [5.41, 5.74) is 13.3. The summed E-state index contributed by atoms with van der Waals surface area (Å²) < 4.78 is 13.6. The predicted molar refractivity (Wildman–Crippen MR) is 206 cm³/mol. The van der Waals surface area contributed by atoms with Gasteiger partial charge in [0, 0.05) is 39.0 Å². The van der Waals surface area contributed by atoms with Gasteiger partial charge in [-0.25, -0.2) is 0 Å². The first-order chi connectivity index (χ1) is 24.8. The molecule has 0 saturated carbocycles. The van der Waals surface area contributed by atoms with Crippen LogP contribution in [0.5, 0.6) is 0 Å². The molecule has 2 aliphatic carbocycles. The van der Waals surface area contributed by atoms with E-state index in [1.807, 2.05) is 12.1 Å². The zero-order valence-corrected chi connectivity index (χ0v) is 27.1. The third-order valence-corrected chi connectivity index (χ3v) is 10.9. The minimum Gasteiger partial charge on any atom is -0.455 e. The molecule has 0 bridgehead atoms. The summed E-state index contributed by atoms with van der Waals surface area (Å²) >= 11 is 0. The molecule has 7 aromatic carbocycles. The molecular formula is C48H30O2. The lowest BCUT2D eigenvalue weighted by molar-refractivity contribution is 0.642. The first-order valence-corrected chi connectivity index (χ1v) is 17.3. The number of para-hydroxylation sites is 2. The Morgan fingerprint density at radius 3 is 1.92 bits per heavy atom. The van der Waals surface area contributed by atoms with E-state index in [4.69, 9.17) is 8.83 Å². The van der Waals surface area contributed by atoms with E-state index in [2.05, 4.69) is 158 Å². The van der Waals surface area contributed by atoms with Crippen molar-refractivity contribution in [2.75, 3.05) is 0 Å². The highest BCUT2D eigenvalue weighted by Crippen LogP contribution is 2.54. The van der Waals surface area contributed by atoms with E-state index in [0.717, 1.165) is 49.4 Å². The van der Waals surface area contributed by atoms with Gasteiger partial charge < -0.3 is 8.83 Å². The summed E-state index contributed by atoms with van der Waals surface area (Å²) in [4.78, 5) is 0. The topological polar surface area (TPSA) is 26.3 Å². The maximum absolute atomic E-state index is 6.81. The van der Waals surface area contributed by atoms with Gasteiger partial charge in [0.15, 0.2) is 0 Å². The van der Waals surface area contributed by atoms with E-state index in [-0.39, 0.29) is 11.8 Å². The number of rotatable bonds is 3. The molecule has 0 saturated heterocycles. The maximum Gasteiger partial charge on any atom is 0.147 e. The van der Waals surface area contributed by atoms with Gasteiger partial charge in [0.05, 0.1) is 5.56 Å². The molecule has 0 spiro atoms. The van der Waals surface area contributed by atoms with Gasteiger partial charge in [-0.2, -0.15) is 0 Å². The number of fused-ring (bicyclic) bond motifs is 9. The molecule has 2 aromatic heterocycles. The Hall–Kier alpha value is -6.38. The van der Waals surface area contributed by atoms with E-state index >= 15 is 0 Å². The summed E-state index contributed by atoms with van der Waals surface area (Å²) in [6, 6.07) is 52.4. The lowest BCUT2D eigenvalue weighted by Gasteiger charge is -2.37. The molecule has 2 heterocycles. The Morgan fingerprint density at radius 1 is 0.480 bits per heavy atom. The van der Waals surface area contributed by atoms with Crippen LogP contribution in [-0.2, 0) is 0 Å². The van der Waals surface area contributed by atoms with Crippen molar-refractivity contribution in [1.82, 2.24) is 0 Å². The summed E-state index contributed by atoms with van der Waals surface area (Å²) in [6.07, 6.45) is 9.08. The second-order valence-electron chi connectivity index (χ2n) is 13.5. The fraction of sp³-hybridized carbons (Fsp3) is 0.0417. The fourth-order valence-electron chi connectivity index (χ4n) is 8.75. The van der Waals surface area contributed by atoms with Gasteiger partial charge >= 0.3 is 0 Å². The number of hydrogen-bond donors (Lipinski definition) is 0. The summed E-state index contributed by atoms with van der Waals surface area (Å²) in [6.45, 7) is 0. The maximum atomic E-state index is 6.81. The molecule has 234 valence electrons. The number of hydrogen-bond acceptors (Lipinski definition) is 2. The Labute approximate surface area is 288 Å². The van der Waals surface area contributed by atoms with Crippen LogP contribution in [0.3, 0.4) is 0 Å². The SMILES string of the molecule is C1=CC2=C(c3c4oc5ccccc5c4cc4c3oc3ccccc34)c3ccccc3C(c3cccc(-c4cccc5ccccc45)c3)C2C=C1. The van der Waals surface area contributed by atoms with Gasteiger partial charge in [-0.3, -0.25) is 0 Å². The third-order valence-electron chi connectivity index (χ3n) is 10.9. The van der Waals surface area contributed by atoms with E-state index < -0.39 is 0 Å². The van der Waals surface area contributed by atoms with Crippen molar-refractivity contribution in [2.24, 2.45) is 5.92 Å². The Morgan fingerprint density at radius 2 is 1.12 bits per heavy atom. The standard InChI is InChI=1S/C48H30O2/c1-2-17-32-29(13-1)14-12-24-33(32)30-15-11-16-31(27-30)44-36-20-3-5-22-38(36)45(39-23-6-4-21-37(39)44)46-47-40(34-18-7-9-25-42(34)49-47)28-41-35-19-8-10-26-43(35)50-48(41)46/h1-28,36,44H. The summed E-state index contributed by atoms with van der Waals surface area (Å²) in [5.74, 6) is 0.244. The predicted octanol–water partition coefficient (Wildman–Crippen LogP) is 13.0. The van der Waals surface area contributed by atoms with Crippen LogP contribution in [0.4, 0.5) is 0 Å². The van der Waals surface area contributed by atoms with Crippen molar-refractivity contribution in [1.29, 1.82) is 0 Å². The average molecular weight is 639 g/mol. The van der Waals surface area contributed by atoms with Gasteiger partial charge in [-0.15, -0.1) is 0 Å². The van der Waals surface area contributed by atoms with Crippen LogP contribution < -0.4 is 0 Å². The molecular weight excluding hydrogens is 609 g/mol. The molecule has 0 aliphatic heterocycles. The van der Waals surface area contributed by atoms with E-state index in [1.165, 1.54) is 49.7 Å². The Bertz CT molecular complexity index is 2850. The van der Waals surface area contributed by atoms with Crippen LogP contribution in [0.1, 0.15) is 28.2 Å². The van der Waals surface area contributed by atoms with Gasteiger partial charge in [0.1, 0.15) is 22.3 Å². The minimum atomic E-state index is 0.117.